The van der Waals surface area contributed by atoms with Crippen LogP contribution in [0.4, 0.5) is 0 Å². The molecule has 1 fully saturated rings. The minimum absolute atomic E-state index is 0.00793. The summed E-state index contributed by atoms with van der Waals surface area (Å²) >= 11 is 0. The van der Waals surface area contributed by atoms with Gasteiger partial charge < -0.3 is 14.8 Å². The second-order valence-corrected chi connectivity index (χ2v) is 10.3. The van der Waals surface area contributed by atoms with Crippen LogP contribution in [0.5, 0.6) is 0 Å². The third kappa shape index (κ3) is 6.01. The highest BCUT2D eigenvalue weighted by molar-refractivity contribution is 5.92. The van der Waals surface area contributed by atoms with E-state index in [4.69, 9.17) is 0 Å². The summed E-state index contributed by atoms with van der Waals surface area (Å²) < 4.78 is 0. The Kier molecular flexibility index (Phi) is 8.27. The Morgan fingerprint density at radius 2 is 1.84 bits per heavy atom. The van der Waals surface area contributed by atoms with Gasteiger partial charge in [0, 0.05) is 47.1 Å². The van der Waals surface area contributed by atoms with Crippen molar-refractivity contribution in [2.75, 3.05) is 19.6 Å². The molecule has 4 rings (SSSR count). The molecule has 6 heteroatoms. The average molecular weight is 499 g/mol. The molecule has 3 heterocycles. The Morgan fingerprint density at radius 3 is 2.46 bits per heavy atom. The molecule has 6 nitrogen and oxygen atoms in total. The fourth-order valence-electron chi connectivity index (χ4n) is 5.41. The standard InChI is InChI=1S/C31H38N4O2/c1-6-7-8-13-34(20-36)19-29(37)35-14-11-24(12-15-35)25-9-10-28-27(18-25)30(21(2)3)31(33-28)26-16-22(4)32-23(5)17-26/h6-10,13,16-18,20-21,24,33H,11-12,14-15,19H2,1-5H3/b7-6-,13-8-. The molecule has 0 bridgehead atoms. The first-order valence-corrected chi connectivity index (χ1v) is 13.2. The van der Waals surface area contributed by atoms with Crippen LogP contribution in [0.2, 0.25) is 0 Å². The van der Waals surface area contributed by atoms with Crippen molar-refractivity contribution in [1.29, 1.82) is 0 Å². The minimum atomic E-state index is -0.00793. The number of nitrogens with one attached hydrogen (secondary N) is 1. The molecule has 0 atom stereocenters. The summed E-state index contributed by atoms with van der Waals surface area (Å²) in [7, 11) is 0. The number of likely N-dealkylation sites (tertiary alicyclic amines) is 1. The van der Waals surface area contributed by atoms with Gasteiger partial charge in [-0.15, -0.1) is 0 Å². The van der Waals surface area contributed by atoms with E-state index in [1.165, 1.54) is 32.7 Å². The van der Waals surface area contributed by atoms with Crippen LogP contribution in [0.3, 0.4) is 0 Å². The van der Waals surface area contributed by atoms with Crippen molar-refractivity contribution in [3.8, 4) is 11.3 Å². The average Bonchev–Trinajstić information content (AvgIpc) is 3.27. The quantitative estimate of drug-likeness (QED) is 0.296. The number of pyridine rings is 1. The molecule has 37 heavy (non-hydrogen) atoms. The fourth-order valence-corrected chi connectivity index (χ4v) is 5.41. The summed E-state index contributed by atoms with van der Waals surface area (Å²) in [6.45, 7) is 12.0. The number of aromatic nitrogens is 2. The highest BCUT2D eigenvalue weighted by atomic mass is 16.2. The van der Waals surface area contributed by atoms with Gasteiger partial charge in [0.2, 0.25) is 12.3 Å². The van der Waals surface area contributed by atoms with Gasteiger partial charge in [-0.25, -0.2) is 0 Å². The monoisotopic (exact) mass is 498 g/mol. The van der Waals surface area contributed by atoms with E-state index in [9.17, 15) is 9.59 Å². The number of carbonyl (C=O) groups is 2. The first-order valence-electron chi connectivity index (χ1n) is 13.2. The van der Waals surface area contributed by atoms with E-state index in [2.05, 4.69) is 54.1 Å². The van der Waals surface area contributed by atoms with Crippen LogP contribution in [0.15, 0.2) is 54.8 Å². The van der Waals surface area contributed by atoms with Gasteiger partial charge in [-0.05, 0) is 86.9 Å². The van der Waals surface area contributed by atoms with Crippen LogP contribution < -0.4 is 0 Å². The molecule has 1 N–H and O–H groups in total. The first kappa shape index (κ1) is 26.4. The van der Waals surface area contributed by atoms with Crippen molar-refractivity contribution in [3.63, 3.8) is 0 Å². The van der Waals surface area contributed by atoms with E-state index in [0.29, 0.717) is 31.3 Å². The lowest BCUT2D eigenvalue weighted by atomic mass is 9.87. The highest BCUT2D eigenvalue weighted by Gasteiger charge is 2.25. The molecule has 0 radical (unpaired) electrons. The predicted molar refractivity (Wildman–Crippen MR) is 150 cm³/mol. The van der Waals surface area contributed by atoms with Crippen molar-refractivity contribution in [2.45, 2.75) is 59.3 Å². The number of amides is 2. The second kappa shape index (κ2) is 11.6. The zero-order valence-corrected chi connectivity index (χ0v) is 22.6. The Bertz CT molecular complexity index is 1310. The van der Waals surface area contributed by atoms with Crippen molar-refractivity contribution in [1.82, 2.24) is 19.8 Å². The number of carbonyl (C=O) groups excluding carboxylic acids is 2. The molecular weight excluding hydrogens is 460 g/mol. The molecule has 1 saturated heterocycles. The molecule has 0 spiro atoms. The van der Waals surface area contributed by atoms with Crippen LogP contribution in [-0.2, 0) is 9.59 Å². The minimum Gasteiger partial charge on any atom is -0.354 e. The van der Waals surface area contributed by atoms with Gasteiger partial charge in [0.1, 0.15) is 6.54 Å². The smallest absolute Gasteiger partial charge is 0.242 e. The number of H-pyrrole nitrogens is 1. The molecule has 0 aliphatic carbocycles. The highest BCUT2D eigenvalue weighted by Crippen LogP contribution is 2.38. The predicted octanol–water partition coefficient (Wildman–Crippen LogP) is 6.22. The lowest BCUT2D eigenvalue weighted by molar-refractivity contribution is -0.135. The molecular formula is C31H38N4O2. The third-order valence-corrected chi connectivity index (χ3v) is 7.16. The van der Waals surface area contributed by atoms with Crippen LogP contribution in [0.25, 0.3) is 22.2 Å². The van der Waals surface area contributed by atoms with Crippen LogP contribution in [-0.4, -0.2) is 51.7 Å². The summed E-state index contributed by atoms with van der Waals surface area (Å²) in [5, 5.41) is 1.28. The van der Waals surface area contributed by atoms with Gasteiger partial charge in [-0.2, -0.15) is 0 Å². The number of rotatable bonds is 8. The number of hydrogen-bond acceptors (Lipinski definition) is 3. The first-order chi connectivity index (χ1) is 17.8. The molecule has 2 aromatic heterocycles. The molecule has 1 aliphatic rings. The van der Waals surface area contributed by atoms with E-state index >= 15 is 0 Å². The van der Waals surface area contributed by atoms with Gasteiger partial charge in [0.25, 0.3) is 0 Å². The molecule has 1 aromatic carbocycles. The zero-order valence-electron chi connectivity index (χ0n) is 22.6. The Labute approximate surface area is 220 Å². The fraction of sp³-hybridized carbons (Fsp3) is 0.387. The van der Waals surface area contributed by atoms with E-state index < -0.39 is 0 Å². The number of benzene rings is 1. The summed E-state index contributed by atoms with van der Waals surface area (Å²) in [5.41, 5.74) is 8.24. The Morgan fingerprint density at radius 1 is 1.14 bits per heavy atom. The third-order valence-electron chi connectivity index (χ3n) is 7.16. The van der Waals surface area contributed by atoms with Gasteiger partial charge in [0.05, 0.1) is 5.69 Å². The van der Waals surface area contributed by atoms with Gasteiger partial charge in [-0.3, -0.25) is 14.6 Å². The lowest BCUT2D eigenvalue weighted by Crippen LogP contribution is -2.42. The molecule has 194 valence electrons. The van der Waals surface area contributed by atoms with Crippen molar-refractivity contribution in [2.24, 2.45) is 0 Å². The number of hydrogen-bond donors (Lipinski definition) is 1. The van der Waals surface area contributed by atoms with E-state index in [0.717, 1.165) is 29.7 Å². The number of nitrogens with zero attached hydrogens (tertiary/aromatic N) is 3. The van der Waals surface area contributed by atoms with Crippen molar-refractivity contribution < 1.29 is 9.59 Å². The van der Waals surface area contributed by atoms with E-state index in [-0.39, 0.29) is 12.5 Å². The maximum absolute atomic E-state index is 12.8. The van der Waals surface area contributed by atoms with Gasteiger partial charge in [-0.1, -0.05) is 32.1 Å². The normalized spacial score (nSPS) is 14.9. The Balaban J connectivity index is 1.51. The topological polar surface area (TPSA) is 69.3 Å². The van der Waals surface area contributed by atoms with Crippen LogP contribution >= 0.6 is 0 Å². The molecule has 1 aliphatic heterocycles. The molecule has 2 amide bonds. The van der Waals surface area contributed by atoms with Crippen LogP contribution in [0, 0.1) is 13.8 Å². The van der Waals surface area contributed by atoms with Crippen LogP contribution in [0.1, 0.15) is 68.0 Å². The van der Waals surface area contributed by atoms with Crippen molar-refractivity contribution in [3.05, 3.63) is 77.3 Å². The number of aryl methyl sites for hydroxylation is 2. The SMILES string of the molecule is C/C=C\C=C/N(C=O)CC(=O)N1CCC(c2ccc3[nH]c(-c4cc(C)nc(C)c4)c(C(C)C)c3c2)CC1. The van der Waals surface area contributed by atoms with Crippen molar-refractivity contribution >= 4 is 23.2 Å². The van der Waals surface area contributed by atoms with E-state index in [1.54, 1.807) is 12.3 Å². The summed E-state index contributed by atoms with van der Waals surface area (Å²) in [6.07, 6.45) is 9.65. The summed E-state index contributed by atoms with van der Waals surface area (Å²) in [5.74, 6) is 0.773. The van der Waals surface area contributed by atoms with Gasteiger partial charge in [0.15, 0.2) is 0 Å². The number of piperidine rings is 1. The van der Waals surface area contributed by atoms with E-state index in [1.807, 2.05) is 37.8 Å². The molecule has 0 saturated carbocycles. The summed E-state index contributed by atoms with van der Waals surface area (Å²) in [4.78, 5) is 35.6. The van der Waals surface area contributed by atoms with Gasteiger partial charge >= 0.3 is 0 Å². The largest absolute Gasteiger partial charge is 0.354 e. The maximum Gasteiger partial charge on any atom is 0.242 e. The molecule has 3 aromatic rings. The number of fused-ring (bicyclic) bond motifs is 1. The zero-order chi connectivity index (χ0) is 26.5. The second-order valence-electron chi connectivity index (χ2n) is 10.3. The Hall–Kier alpha value is -3.67. The maximum atomic E-state index is 12.8. The molecule has 0 unspecified atom stereocenters. The number of allylic oxidation sites excluding steroid dienone is 3. The number of aromatic amines is 1. The summed E-state index contributed by atoms with van der Waals surface area (Å²) in [6, 6.07) is 11.1. The lowest BCUT2D eigenvalue weighted by Gasteiger charge is -2.33.